The molecule has 1 rings (SSSR count). The van der Waals surface area contributed by atoms with Gasteiger partial charge in [-0.15, -0.1) is 0 Å². The van der Waals surface area contributed by atoms with Crippen LogP contribution in [0.4, 0.5) is 0 Å². The first-order chi connectivity index (χ1) is 5.61. The van der Waals surface area contributed by atoms with Gasteiger partial charge in [-0.2, -0.15) is 0 Å². The molecular formula is C6H8BrN3O2. The van der Waals surface area contributed by atoms with Crippen LogP contribution in [0, 0.1) is 0 Å². The van der Waals surface area contributed by atoms with E-state index in [9.17, 15) is 4.79 Å². The summed E-state index contributed by atoms with van der Waals surface area (Å²) in [7, 11) is 0. The standard InChI is InChI=1S/C6H8BrN3O2/c7-5-4(9-2-10-5)1-3(8)6(11)12/h2-3H,1,8H2,(H,9,10)(H,11,12). The van der Waals surface area contributed by atoms with E-state index in [1.54, 1.807) is 0 Å². The quantitative estimate of drug-likeness (QED) is 0.692. The molecule has 0 fully saturated rings. The fraction of sp³-hybridized carbons (Fsp3) is 0.333. The summed E-state index contributed by atoms with van der Waals surface area (Å²) in [5.41, 5.74) is 5.93. The van der Waals surface area contributed by atoms with Crippen molar-refractivity contribution in [1.82, 2.24) is 9.97 Å². The predicted molar refractivity (Wildman–Crippen MR) is 45.6 cm³/mol. The summed E-state index contributed by atoms with van der Waals surface area (Å²) >= 11 is 3.18. The van der Waals surface area contributed by atoms with Gasteiger partial charge in [0.25, 0.3) is 0 Å². The number of aromatic amines is 1. The lowest BCUT2D eigenvalue weighted by Gasteiger charge is -2.02. The van der Waals surface area contributed by atoms with Crippen LogP contribution >= 0.6 is 15.9 Å². The largest absolute Gasteiger partial charge is 0.480 e. The van der Waals surface area contributed by atoms with E-state index in [0.717, 1.165) is 0 Å². The average molecular weight is 234 g/mol. The van der Waals surface area contributed by atoms with Crippen LogP contribution in [0.15, 0.2) is 10.9 Å². The van der Waals surface area contributed by atoms with Crippen LogP contribution < -0.4 is 5.73 Å². The Morgan fingerprint density at radius 1 is 1.92 bits per heavy atom. The number of carboxylic acid groups (broad SMARTS) is 1. The van der Waals surface area contributed by atoms with Gasteiger partial charge in [0.05, 0.1) is 12.0 Å². The Bertz CT molecular complexity index is 286. The minimum Gasteiger partial charge on any atom is -0.480 e. The summed E-state index contributed by atoms with van der Waals surface area (Å²) in [6.45, 7) is 0. The second-order valence-corrected chi connectivity index (χ2v) is 3.11. The summed E-state index contributed by atoms with van der Waals surface area (Å²) in [6.07, 6.45) is 1.70. The van der Waals surface area contributed by atoms with Gasteiger partial charge in [0.2, 0.25) is 0 Å². The molecule has 0 bridgehead atoms. The molecule has 5 nitrogen and oxygen atoms in total. The van der Waals surface area contributed by atoms with Crippen LogP contribution in [0.2, 0.25) is 0 Å². The van der Waals surface area contributed by atoms with E-state index in [1.807, 2.05) is 0 Å². The zero-order chi connectivity index (χ0) is 9.14. The highest BCUT2D eigenvalue weighted by atomic mass is 79.9. The number of aromatic nitrogens is 2. The van der Waals surface area contributed by atoms with Crippen LogP contribution in [0.25, 0.3) is 0 Å². The number of nitrogens with two attached hydrogens (primary N) is 1. The zero-order valence-corrected chi connectivity index (χ0v) is 7.71. The van der Waals surface area contributed by atoms with E-state index in [4.69, 9.17) is 10.8 Å². The van der Waals surface area contributed by atoms with Gasteiger partial charge < -0.3 is 15.8 Å². The summed E-state index contributed by atoms with van der Waals surface area (Å²) in [4.78, 5) is 17.0. The molecule has 0 spiro atoms. The summed E-state index contributed by atoms with van der Waals surface area (Å²) in [6, 6.07) is -0.899. The number of rotatable bonds is 3. The van der Waals surface area contributed by atoms with E-state index in [-0.39, 0.29) is 6.42 Å². The van der Waals surface area contributed by atoms with Gasteiger partial charge in [-0.3, -0.25) is 4.79 Å². The van der Waals surface area contributed by atoms with Gasteiger partial charge in [-0.1, -0.05) is 0 Å². The van der Waals surface area contributed by atoms with E-state index < -0.39 is 12.0 Å². The lowest BCUT2D eigenvalue weighted by atomic mass is 10.2. The Morgan fingerprint density at radius 2 is 2.58 bits per heavy atom. The molecule has 0 saturated heterocycles. The number of carboxylic acids is 1. The second-order valence-electron chi connectivity index (χ2n) is 2.31. The molecule has 0 aliphatic carbocycles. The molecule has 0 radical (unpaired) electrons. The van der Waals surface area contributed by atoms with Crippen LogP contribution in [0.3, 0.4) is 0 Å². The van der Waals surface area contributed by atoms with E-state index in [0.29, 0.717) is 10.3 Å². The highest BCUT2D eigenvalue weighted by molar-refractivity contribution is 9.10. The van der Waals surface area contributed by atoms with Crippen molar-refractivity contribution in [2.24, 2.45) is 5.73 Å². The number of aliphatic carboxylic acids is 1. The molecule has 6 heteroatoms. The lowest BCUT2D eigenvalue weighted by Crippen LogP contribution is -2.32. The SMILES string of the molecule is NC(Cc1nc[nH]c1Br)C(=O)O. The topological polar surface area (TPSA) is 92.0 Å². The zero-order valence-electron chi connectivity index (χ0n) is 6.12. The molecule has 1 aromatic heterocycles. The molecule has 0 aliphatic rings. The predicted octanol–water partition coefficient (Wildman–Crippen LogP) is 0.127. The minimum atomic E-state index is -1.02. The van der Waals surface area contributed by atoms with Crippen molar-refractivity contribution in [2.45, 2.75) is 12.5 Å². The smallest absolute Gasteiger partial charge is 0.320 e. The Morgan fingerprint density at radius 3 is 3.00 bits per heavy atom. The van der Waals surface area contributed by atoms with Gasteiger partial charge in [0, 0.05) is 6.42 Å². The molecule has 1 unspecified atom stereocenters. The van der Waals surface area contributed by atoms with Gasteiger partial charge in [-0.05, 0) is 15.9 Å². The Balaban J connectivity index is 2.64. The maximum atomic E-state index is 10.4. The number of nitrogens with one attached hydrogen (secondary N) is 1. The van der Waals surface area contributed by atoms with Crippen molar-refractivity contribution in [3.63, 3.8) is 0 Å². The Labute approximate surface area is 77.1 Å². The van der Waals surface area contributed by atoms with Crippen LogP contribution in [-0.2, 0) is 11.2 Å². The summed E-state index contributed by atoms with van der Waals surface area (Å²) < 4.78 is 0.680. The van der Waals surface area contributed by atoms with Crippen molar-refractivity contribution in [1.29, 1.82) is 0 Å². The molecule has 12 heavy (non-hydrogen) atoms. The van der Waals surface area contributed by atoms with Crippen molar-refractivity contribution in [3.8, 4) is 0 Å². The first kappa shape index (κ1) is 9.21. The molecule has 0 saturated carbocycles. The monoisotopic (exact) mass is 233 g/mol. The highest BCUT2D eigenvalue weighted by Gasteiger charge is 2.14. The van der Waals surface area contributed by atoms with E-state index in [1.165, 1.54) is 6.33 Å². The molecule has 1 aromatic rings. The van der Waals surface area contributed by atoms with Crippen LogP contribution in [0.5, 0.6) is 0 Å². The number of H-pyrrole nitrogens is 1. The third kappa shape index (κ3) is 2.05. The molecule has 1 atom stereocenters. The van der Waals surface area contributed by atoms with Crippen molar-refractivity contribution >= 4 is 21.9 Å². The molecule has 1 heterocycles. The van der Waals surface area contributed by atoms with Gasteiger partial charge in [0.1, 0.15) is 10.6 Å². The first-order valence-corrected chi connectivity index (χ1v) is 4.06. The lowest BCUT2D eigenvalue weighted by molar-refractivity contribution is -0.138. The van der Waals surface area contributed by atoms with Crippen molar-refractivity contribution < 1.29 is 9.90 Å². The third-order valence-corrected chi connectivity index (χ3v) is 2.08. The second kappa shape index (κ2) is 3.68. The molecule has 0 aromatic carbocycles. The molecule has 0 aliphatic heterocycles. The van der Waals surface area contributed by atoms with Crippen LogP contribution in [-0.4, -0.2) is 27.1 Å². The fourth-order valence-electron chi connectivity index (χ4n) is 0.745. The number of hydrogen-bond acceptors (Lipinski definition) is 3. The normalized spacial score (nSPS) is 12.8. The fourth-order valence-corrected chi connectivity index (χ4v) is 1.11. The maximum Gasteiger partial charge on any atom is 0.320 e. The van der Waals surface area contributed by atoms with Gasteiger partial charge in [-0.25, -0.2) is 4.98 Å². The summed E-state index contributed by atoms with van der Waals surface area (Å²) in [5, 5.41) is 8.49. The third-order valence-electron chi connectivity index (χ3n) is 1.40. The molecular weight excluding hydrogens is 226 g/mol. The van der Waals surface area contributed by atoms with Crippen LogP contribution in [0.1, 0.15) is 5.69 Å². The maximum absolute atomic E-state index is 10.4. The Hall–Kier alpha value is -0.880. The number of carbonyl (C=O) groups is 1. The number of imidazole rings is 1. The number of nitrogens with zero attached hydrogens (tertiary/aromatic N) is 1. The molecule has 4 N–H and O–H groups in total. The molecule has 0 amide bonds. The van der Waals surface area contributed by atoms with Crippen molar-refractivity contribution in [2.75, 3.05) is 0 Å². The minimum absolute atomic E-state index is 0.222. The van der Waals surface area contributed by atoms with Crippen molar-refractivity contribution in [3.05, 3.63) is 16.6 Å². The van der Waals surface area contributed by atoms with Gasteiger partial charge >= 0.3 is 5.97 Å². The number of halogens is 1. The van der Waals surface area contributed by atoms with Gasteiger partial charge in [0.15, 0.2) is 0 Å². The van der Waals surface area contributed by atoms with E-state index >= 15 is 0 Å². The first-order valence-electron chi connectivity index (χ1n) is 3.27. The average Bonchev–Trinajstić information content (AvgIpc) is 2.36. The summed E-state index contributed by atoms with van der Waals surface area (Å²) in [5.74, 6) is -1.02. The number of hydrogen-bond donors (Lipinski definition) is 3. The highest BCUT2D eigenvalue weighted by Crippen LogP contribution is 2.11. The Kier molecular flexibility index (Phi) is 2.83. The van der Waals surface area contributed by atoms with E-state index in [2.05, 4.69) is 25.9 Å². The molecule has 66 valence electrons.